The number of halogens is 1. The monoisotopic (exact) mass is 413 g/mol. The van der Waals surface area contributed by atoms with Crippen molar-refractivity contribution in [3.63, 3.8) is 0 Å². The number of benzene rings is 1. The normalized spacial score (nSPS) is 16.0. The quantitative estimate of drug-likeness (QED) is 0.653. The summed E-state index contributed by atoms with van der Waals surface area (Å²) in [5.74, 6) is -0.744. The van der Waals surface area contributed by atoms with Gasteiger partial charge in [-0.1, -0.05) is 5.21 Å². The molecule has 1 aromatic carbocycles. The van der Waals surface area contributed by atoms with Gasteiger partial charge in [0, 0.05) is 25.7 Å². The van der Waals surface area contributed by atoms with Crippen LogP contribution in [0.4, 0.5) is 14.9 Å². The first-order chi connectivity index (χ1) is 14.4. The molecule has 0 bridgehead atoms. The van der Waals surface area contributed by atoms with E-state index in [4.69, 9.17) is 4.74 Å². The summed E-state index contributed by atoms with van der Waals surface area (Å²) >= 11 is 0. The van der Waals surface area contributed by atoms with Gasteiger partial charge in [0.1, 0.15) is 17.6 Å². The summed E-state index contributed by atoms with van der Waals surface area (Å²) < 4.78 is 23.4. The van der Waals surface area contributed by atoms with E-state index < -0.39 is 18.0 Å². The van der Waals surface area contributed by atoms with Gasteiger partial charge in [-0.15, -0.1) is 5.10 Å². The van der Waals surface area contributed by atoms with Gasteiger partial charge in [-0.05, 0) is 18.2 Å². The zero-order chi connectivity index (χ0) is 21.3. The molecule has 4 rings (SSSR count). The van der Waals surface area contributed by atoms with Crippen molar-refractivity contribution < 1.29 is 18.7 Å². The number of amides is 2. The lowest BCUT2D eigenvalue weighted by Gasteiger charge is -2.14. The molecule has 10 nitrogen and oxygen atoms in total. The zero-order valence-electron chi connectivity index (χ0n) is 16.4. The number of rotatable bonds is 6. The molecule has 1 saturated heterocycles. The summed E-state index contributed by atoms with van der Waals surface area (Å²) in [4.78, 5) is 28.7. The molecule has 0 unspecified atom stereocenters. The fourth-order valence-corrected chi connectivity index (χ4v) is 3.19. The maximum Gasteiger partial charge on any atom is 0.414 e. The van der Waals surface area contributed by atoms with Gasteiger partial charge in [-0.3, -0.25) is 9.69 Å². The molecule has 1 aliphatic rings. The number of anilines is 1. The summed E-state index contributed by atoms with van der Waals surface area (Å²) in [6.07, 6.45) is 4.12. The highest BCUT2D eigenvalue weighted by atomic mass is 19.1. The Kier molecular flexibility index (Phi) is 5.17. The fourth-order valence-electron chi connectivity index (χ4n) is 3.19. The Hall–Kier alpha value is -3.76. The number of hydrogen-bond acceptors (Lipinski definition) is 6. The second-order valence-corrected chi connectivity index (χ2v) is 7.05. The van der Waals surface area contributed by atoms with Crippen LogP contribution in [0.2, 0.25) is 0 Å². The number of cyclic esters (lactones) is 1. The topological polar surface area (TPSA) is 107 Å². The molecule has 0 spiro atoms. The first-order valence-corrected chi connectivity index (χ1v) is 9.28. The van der Waals surface area contributed by atoms with Crippen LogP contribution >= 0.6 is 0 Å². The Balaban J connectivity index is 1.47. The lowest BCUT2D eigenvalue weighted by molar-refractivity contribution is -0.119. The Morgan fingerprint density at radius 2 is 2.20 bits per heavy atom. The highest BCUT2D eigenvalue weighted by molar-refractivity contribution is 5.90. The van der Waals surface area contributed by atoms with E-state index >= 15 is 0 Å². The van der Waals surface area contributed by atoms with E-state index in [0.29, 0.717) is 17.9 Å². The third-order valence-electron chi connectivity index (χ3n) is 4.61. The first kappa shape index (κ1) is 19.6. The second-order valence-electron chi connectivity index (χ2n) is 7.05. The largest absolute Gasteiger partial charge is 0.442 e. The Morgan fingerprint density at radius 1 is 1.37 bits per heavy atom. The van der Waals surface area contributed by atoms with E-state index in [0.717, 1.165) is 5.69 Å². The lowest BCUT2D eigenvalue weighted by Crippen LogP contribution is -2.33. The molecule has 2 amide bonds. The van der Waals surface area contributed by atoms with E-state index in [1.54, 1.807) is 29.3 Å². The molecule has 30 heavy (non-hydrogen) atoms. The number of ether oxygens (including phenoxy) is 1. The van der Waals surface area contributed by atoms with Gasteiger partial charge in [0.25, 0.3) is 0 Å². The van der Waals surface area contributed by atoms with Crippen molar-refractivity contribution in [2.45, 2.75) is 19.6 Å². The van der Waals surface area contributed by atoms with Crippen LogP contribution in [0.5, 0.6) is 0 Å². The summed E-state index contributed by atoms with van der Waals surface area (Å²) in [7, 11) is 1.87. The molecule has 1 N–H and O–H groups in total. The third kappa shape index (κ3) is 4.14. The minimum Gasteiger partial charge on any atom is -0.442 e. The molecule has 156 valence electrons. The number of aryl methyl sites for hydroxylation is 1. The standard InChI is InChI=1S/C19H20FN7O3/c1-12(28)21-6-15-9-27(19(29)30-15)14-3-4-16(17(20)5-14)18-10-26(24-23-18)8-13-7-25(2)11-22-13/h3-5,7,10-11,15H,6,8-9H2,1-2H3,(H,21,28)/t15-/m0/s1. The van der Waals surface area contributed by atoms with Gasteiger partial charge < -0.3 is 14.6 Å². The van der Waals surface area contributed by atoms with Gasteiger partial charge >= 0.3 is 6.09 Å². The molecule has 0 saturated carbocycles. The van der Waals surface area contributed by atoms with E-state index in [1.165, 1.54) is 17.9 Å². The highest BCUT2D eigenvalue weighted by Crippen LogP contribution is 2.28. The van der Waals surface area contributed by atoms with Crippen molar-refractivity contribution >= 4 is 17.7 Å². The van der Waals surface area contributed by atoms with E-state index in [9.17, 15) is 14.0 Å². The van der Waals surface area contributed by atoms with Crippen LogP contribution in [0.3, 0.4) is 0 Å². The minimum absolute atomic E-state index is 0.206. The molecule has 1 fully saturated rings. The maximum absolute atomic E-state index is 14.8. The summed E-state index contributed by atoms with van der Waals surface area (Å²) in [5, 5.41) is 10.7. The third-order valence-corrected chi connectivity index (χ3v) is 4.61. The lowest BCUT2D eigenvalue weighted by atomic mass is 10.1. The molecule has 11 heteroatoms. The molecule has 0 radical (unpaired) electrons. The maximum atomic E-state index is 14.8. The zero-order valence-corrected chi connectivity index (χ0v) is 16.4. The van der Waals surface area contributed by atoms with Crippen molar-refractivity contribution in [1.82, 2.24) is 29.9 Å². The van der Waals surface area contributed by atoms with Gasteiger partial charge in [0.15, 0.2) is 0 Å². The number of hydrogen-bond donors (Lipinski definition) is 1. The Morgan fingerprint density at radius 3 is 2.90 bits per heavy atom. The molecular formula is C19H20FN7O3. The highest BCUT2D eigenvalue weighted by Gasteiger charge is 2.32. The van der Waals surface area contributed by atoms with Crippen LogP contribution in [-0.4, -0.2) is 55.7 Å². The number of carbonyl (C=O) groups excluding carboxylic acids is 2. The van der Waals surface area contributed by atoms with Gasteiger partial charge in [0.2, 0.25) is 5.91 Å². The number of nitrogens with one attached hydrogen (secondary N) is 1. The van der Waals surface area contributed by atoms with Gasteiger partial charge in [-0.25, -0.2) is 18.9 Å². The van der Waals surface area contributed by atoms with Crippen molar-refractivity contribution in [3.05, 3.63) is 48.4 Å². The van der Waals surface area contributed by atoms with Crippen LogP contribution in [0.25, 0.3) is 11.3 Å². The SMILES string of the molecule is CC(=O)NC[C@H]1CN(c2ccc(-c3cn(Cc4cn(C)cn4)nn3)c(F)c2)C(=O)O1. The van der Waals surface area contributed by atoms with Crippen molar-refractivity contribution in [1.29, 1.82) is 0 Å². The van der Waals surface area contributed by atoms with Crippen LogP contribution in [0.15, 0.2) is 36.9 Å². The van der Waals surface area contributed by atoms with Crippen LogP contribution in [0.1, 0.15) is 12.6 Å². The Bertz CT molecular complexity index is 1090. The number of nitrogens with zero attached hydrogens (tertiary/aromatic N) is 6. The first-order valence-electron chi connectivity index (χ1n) is 9.28. The number of carbonyl (C=O) groups is 2. The molecule has 3 aromatic rings. The molecule has 0 aliphatic carbocycles. The number of aromatic nitrogens is 5. The molecule has 1 atom stereocenters. The second kappa shape index (κ2) is 7.93. The van der Waals surface area contributed by atoms with Crippen LogP contribution in [0, 0.1) is 5.82 Å². The average molecular weight is 413 g/mol. The molecule has 3 heterocycles. The van der Waals surface area contributed by atoms with Crippen LogP contribution < -0.4 is 10.2 Å². The van der Waals surface area contributed by atoms with Crippen molar-refractivity contribution in [3.8, 4) is 11.3 Å². The predicted molar refractivity (Wildman–Crippen MR) is 104 cm³/mol. The number of imidazole rings is 1. The van der Waals surface area contributed by atoms with Crippen molar-refractivity contribution in [2.75, 3.05) is 18.0 Å². The van der Waals surface area contributed by atoms with Crippen molar-refractivity contribution in [2.24, 2.45) is 7.05 Å². The molecule has 1 aliphatic heterocycles. The summed E-state index contributed by atoms with van der Waals surface area (Å²) in [6, 6.07) is 4.43. The summed E-state index contributed by atoms with van der Waals surface area (Å²) in [6.45, 7) is 2.23. The van der Waals surface area contributed by atoms with Crippen LogP contribution in [-0.2, 0) is 23.1 Å². The van der Waals surface area contributed by atoms with E-state index in [-0.39, 0.29) is 24.6 Å². The molecular weight excluding hydrogens is 393 g/mol. The fraction of sp³-hybridized carbons (Fsp3) is 0.316. The van der Waals surface area contributed by atoms with Gasteiger partial charge in [-0.2, -0.15) is 0 Å². The summed E-state index contributed by atoms with van der Waals surface area (Å²) in [5.41, 5.74) is 1.83. The van der Waals surface area contributed by atoms with E-state index in [1.807, 2.05) is 17.8 Å². The Labute approximate surface area is 171 Å². The van der Waals surface area contributed by atoms with E-state index in [2.05, 4.69) is 20.6 Å². The van der Waals surface area contributed by atoms with Gasteiger partial charge in [0.05, 0.1) is 43.5 Å². The molecule has 2 aromatic heterocycles. The average Bonchev–Trinajstić information content (AvgIpc) is 3.41. The predicted octanol–water partition coefficient (Wildman–Crippen LogP) is 1.33. The minimum atomic E-state index is -0.584. The smallest absolute Gasteiger partial charge is 0.414 e.